The predicted molar refractivity (Wildman–Crippen MR) is 65.9 cm³/mol. The smallest absolute Gasteiger partial charge is 0.162 e. The standard InChI is InChI=1S/C12H18N2O2/c1-14-6-4-5-13-9-7-11(15-2)12(16-3)8-10(9)14/h7-8,13H,4-6H2,1-3H3. The highest BCUT2D eigenvalue weighted by molar-refractivity contribution is 5.75. The molecule has 0 unspecified atom stereocenters. The lowest BCUT2D eigenvalue weighted by Crippen LogP contribution is -2.17. The summed E-state index contributed by atoms with van der Waals surface area (Å²) in [4.78, 5) is 2.23. The highest BCUT2D eigenvalue weighted by atomic mass is 16.5. The maximum absolute atomic E-state index is 5.31. The van der Waals surface area contributed by atoms with Gasteiger partial charge in [0.05, 0.1) is 25.6 Å². The number of nitrogens with one attached hydrogen (secondary N) is 1. The van der Waals surface area contributed by atoms with E-state index in [1.165, 1.54) is 0 Å². The third-order valence-electron chi connectivity index (χ3n) is 2.90. The van der Waals surface area contributed by atoms with Gasteiger partial charge in [-0.05, 0) is 6.42 Å². The van der Waals surface area contributed by atoms with Crippen LogP contribution in [-0.2, 0) is 0 Å². The highest BCUT2D eigenvalue weighted by Crippen LogP contribution is 2.38. The van der Waals surface area contributed by atoms with Gasteiger partial charge in [0.15, 0.2) is 11.5 Å². The van der Waals surface area contributed by atoms with Gasteiger partial charge < -0.3 is 19.7 Å². The van der Waals surface area contributed by atoms with Gasteiger partial charge in [0.1, 0.15) is 0 Å². The summed E-state index contributed by atoms with van der Waals surface area (Å²) in [5.74, 6) is 1.54. The molecule has 0 bridgehead atoms. The molecule has 0 radical (unpaired) electrons. The largest absolute Gasteiger partial charge is 0.493 e. The van der Waals surface area contributed by atoms with Crippen molar-refractivity contribution in [1.29, 1.82) is 0 Å². The molecule has 1 aliphatic rings. The Labute approximate surface area is 96.2 Å². The number of hydrogen-bond donors (Lipinski definition) is 1. The van der Waals surface area contributed by atoms with Gasteiger partial charge in [-0.1, -0.05) is 0 Å². The van der Waals surface area contributed by atoms with E-state index in [2.05, 4.69) is 17.3 Å². The second-order valence-electron chi connectivity index (χ2n) is 3.93. The Morgan fingerprint density at radius 3 is 2.56 bits per heavy atom. The van der Waals surface area contributed by atoms with Crippen molar-refractivity contribution in [3.63, 3.8) is 0 Å². The molecule has 4 heteroatoms. The quantitative estimate of drug-likeness (QED) is 0.829. The third-order valence-corrected chi connectivity index (χ3v) is 2.90. The number of nitrogens with zero attached hydrogens (tertiary/aromatic N) is 1. The van der Waals surface area contributed by atoms with Crippen LogP contribution in [0.4, 0.5) is 11.4 Å². The molecule has 0 atom stereocenters. The van der Waals surface area contributed by atoms with Crippen LogP contribution in [0, 0.1) is 0 Å². The van der Waals surface area contributed by atoms with Gasteiger partial charge in [-0.2, -0.15) is 0 Å². The van der Waals surface area contributed by atoms with E-state index in [0.29, 0.717) is 0 Å². The average Bonchev–Trinajstić information content (AvgIpc) is 2.49. The van der Waals surface area contributed by atoms with E-state index in [-0.39, 0.29) is 0 Å². The minimum Gasteiger partial charge on any atom is -0.493 e. The Kier molecular flexibility index (Phi) is 3.08. The van der Waals surface area contributed by atoms with Crippen molar-refractivity contribution in [2.75, 3.05) is 44.6 Å². The molecular weight excluding hydrogens is 204 g/mol. The normalized spacial score (nSPS) is 14.8. The highest BCUT2D eigenvalue weighted by Gasteiger charge is 2.16. The van der Waals surface area contributed by atoms with E-state index in [4.69, 9.17) is 9.47 Å². The van der Waals surface area contributed by atoms with Crippen LogP contribution in [0.25, 0.3) is 0 Å². The van der Waals surface area contributed by atoms with Crippen molar-refractivity contribution in [1.82, 2.24) is 0 Å². The third kappa shape index (κ3) is 1.87. The SMILES string of the molecule is COc1cc2c(cc1OC)N(C)CCCN2. The maximum atomic E-state index is 5.31. The van der Waals surface area contributed by atoms with Gasteiger partial charge in [-0.25, -0.2) is 0 Å². The molecule has 0 fully saturated rings. The first-order valence-electron chi connectivity index (χ1n) is 5.47. The molecule has 4 nitrogen and oxygen atoms in total. The first-order chi connectivity index (χ1) is 7.76. The first-order valence-corrected chi connectivity index (χ1v) is 5.47. The van der Waals surface area contributed by atoms with Crippen molar-refractivity contribution in [3.05, 3.63) is 12.1 Å². The van der Waals surface area contributed by atoms with E-state index in [0.717, 1.165) is 42.4 Å². The molecule has 1 N–H and O–H groups in total. The van der Waals surface area contributed by atoms with Crippen molar-refractivity contribution in [2.45, 2.75) is 6.42 Å². The lowest BCUT2D eigenvalue weighted by Gasteiger charge is -2.20. The topological polar surface area (TPSA) is 33.7 Å². The number of hydrogen-bond acceptors (Lipinski definition) is 4. The van der Waals surface area contributed by atoms with Crippen LogP contribution in [0.1, 0.15) is 6.42 Å². The molecule has 16 heavy (non-hydrogen) atoms. The second kappa shape index (κ2) is 4.51. The van der Waals surface area contributed by atoms with Crippen LogP contribution >= 0.6 is 0 Å². The molecule has 0 aromatic heterocycles. The second-order valence-corrected chi connectivity index (χ2v) is 3.93. The van der Waals surface area contributed by atoms with Crippen LogP contribution in [0.2, 0.25) is 0 Å². The van der Waals surface area contributed by atoms with Crippen LogP contribution in [0.3, 0.4) is 0 Å². The van der Waals surface area contributed by atoms with Crippen LogP contribution in [0.15, 0.2) is 12.1 Å². The Morgan fingerprint density at radius 2 is 1.88 bits per heavy atom. The lowest BCUT2D eigenvalue weighted by molar-refractivity contribution is 0.355. The molecule has 1 heterocycles. The summed E-state index contributed by atoms with van der Waals surface area (Å²) >= 11 is 0. The number of fused-ring (bicyclic) bond motifs is 1. The molecule has 0 amide bonds. The summed E-state index contributed by atoms with van der Waals surface area (Å²) in [6.45, 7) is 2.04. The molecule has 1 aromatic carbocycles. The van der Waals surface area contributed by atoms with E-state index in [1.54, 1.807) is 14.2 Å². The summed E-state index contributed by atoms with van der Waals surface area (Å²) in [7, 11) is 5.41. The number of rotatable bonds is 2. The zero-order chi connectivity index (χ0) is 11.5. The zero-order valence-electron chi connectivity index (χ0n) is 10.0. The molecule has 0 spiro atoms. The zero-order valence-corrected chi connectivity index (χ0v) is 10.0. The van der Waals surface area contributed by atoms with Crippen molar-refractivity contribution >= 4 is 11.4 Å². The minimum atomic E-state index is 0.768. The molecule has 88 valence electrons. The average molecular weight is 222 g/mol. The first kappa shape index (κ1) is 10.9. The fourth-order valence-corrected chi connectivity index (χ4v) is 1.99. The molecule has 0 saturated carbocycles. The molecule has 2 rings (SSSR count). The number of benzene rings is 1. The monoisotopic (exact) mass is 222 g/mol. The van der Waals surface area contributed by atoms with E-state index >= 15 is 0 Å². The van der Waals surface area contributed by atoms with Crippen molar-refractivity contribution < 1.29 is 9.47 Å². The van der Waals surface area contributed by atoms with Gasteiger partial charge in [0, 0.05) is 32.3 Å². The Bertz CT molecular complexity index is 380. The van der Waals surface area contributed by atoms with Gasteiger partial charge >= 0.3 is 0 Å². The number of ether oxygens (including phenoxy) is 2. The number of methoxy groups -OCH3 is 2. The molecule has 0 saturated heterocycles. The minimum absolute atomic E-state index is 0.768. The summed E-state index contributed by atoms with van der Waals surface area (Å²) in [5.41, 5.74) is 2.27. The van der Waals surface area contributed by atoms with Crippen molar-refractivity contribution in [3.8, 4) is 11.5 Å². The van der Waals surface area contributed by atoms with Crippen LogP contribution in [0.5, 0.6) is 11.5 Å². The Morgan fingerprint density at radius 1 is 1.19 bits per heavy atom. The number of anilines is 2. The van der Waals surface area contributed by atoms with Gasteiger partial charge in [-0.15, -0.1) is 0 Å². The molecular formula is C12H18N2O2. The summed E-state index contributed by atoms with van der Waals surface area (Å²) in [6.07, 6.45) is 1.13. The fraction of sp³-hybridized carbons (Fsp3) is 0.500. The van der Waals surface area contributed by atoms with Gasteiger partial charge in [0.25, 0.3) is 0 Å². The Balaban J connectivity index is 2.47. The van der Waals surface area contributed by atoms with Crippen molar-refractivity contribution in [2.24, 2.45) is 0 Å². The summed E-state index contributed by atoms with van der Waals surface area (Å²) in [6, 6.07) is 4.02. The predicted octanol–water partition coefficient (Wildman–Crippen LogP) is 1.96. The molecule has 1 aliphatic heterocycles. The fourth-order valence-electron chi connectivity index (χ4n) is 1.99. The maximum Gasteiger partial charge on any atom is 0.162 e. The molecule has 0 aliphatic carbocycles. The molecule has 1 aromatic rings. The Hall–Kier alpha value is -1.58. The van der Waals surface area contributed by atoms with E-state index < -0.39 is 0 Å². The van der Waals surface area contributed by atoms with Gasteiger partial charge in [0.2, 0.25) is 0 Å². The lowest BCUT2D eigenvalue weighted by atomic mass is 10.2. The summed E-state index contributed by atoms with van der Waals surface area (Å²) < 4.78 is 10.6. The summed E-state index contributed by atoms with van der Waals surface area (Å²) in [5, 5.41) is 3.40. The van der Waals surface area contributed by atoms with E-state index in [9.17, 15) is 0 Å². The van der Waals surface area contributed by atoms with Gasteiger partial charge in [-0.3, -0.25) is 0 Å². The van der Waals surface area contributed by atoms with Crippen LogP contribution < -0.4 is 19.7 Å². The van der Waals surface area contributed by atoms with E-state index in [1.807, 2.05) is 12.1 Å². The van der Waals surface area contributed by atoms with Crippen LogP contribution in [-0.4, -0.2) is 34.4 Å².